The maximum atomic E-state index is 10.2. The minimum Gasteiger partial charge on any atom is -0.481 e. The molecule has 1 fully saturated rings. The van der Waals surface area contributed by atoms with Gasteiger partial charge in [-0.25, -0.2) is 0 Å². The van der Waals surface area contributed by atoms with Gasteiger partial charge in [0.15, 0.2) is 0 Å². The Morgan fingerprint density at radius 3 is 2.21 bits per heavy atom. The van der Waals surface area contributed by atoms with Gasteiger partial charge in [-0.05, 0) is 6.42 Å². The zero-order chi connectivity index (χ0) is 11.1. The number of nitrogens with one attached hydrogen (secondary N) is 1. The highest BCUT2D eigenvalue weighted by atomic mass is 16.4. The summed E-state index contributed by atoms with van der Waals surface area (Å²) >= 11 is 0. The Morgan fingerprint density at radius 2 is 2.14 bits per heavy atom. The molecule has 1 heterocycles. The Kier molecular flexibility index (Phi) is 5.47. The van der Waals surface area contributed by atoms with Gasteiger partial charge in [0.1, 0.15) is 6.10 Å². The zero-order valence-corrected chi connectivity index (χ0v) is 7.82. The van der Waals surface area contributed by atoms with Crippen molar-refractivity contribution in [2.24, 2.45) is 0 Å². The summed E-state index contributed by atoms with van der Waals surface area (Å²) in [5.74, 6) is -1.70. The Morgan fingerprint density at radius 1 is 1.57 bits per heavy atom. The van der Waals surface area contributed by atoms with E-state index in [4.69, 9.17) is 10.2 Å². The number of aliphatic hydroxyl groups excluding tert-OH is 1. The van der Waals surface area contributed by atoms with Gasteiger partial charge >= 0.3 is 5.97 Å². The van der Waals surface area contributed by atoms with Crippen LogP contribution in [0.15, 0.2) is 0 Å². The minimum absolute atomic E-state index is 0.0845. The maximum absolute atomic E-state index is 10.2. The number of hydrogen-bond donors (Lipinski definition) is 3. The van der Waals surface area contributed by atoms with Gasteiger partial charge < -0.3 is 10.2 Å². The molecule has 0 radical (unpaired) electrons. The second-order valence-corrected chi connectivity index (χ2v) is 2.78. The average molecular weight is 203 g/mol. The molecule has 1 rings (SSSR count). The van der Waals surface area contributed by atoms with E-state index in [0.717, 1.165) is 6.42 Å². The van der Waals surface area contributed by atoms with Crippen LogP contribution in [0.1, 0.15) is 26.2 Å². The second kappa shape index (κ2) is 6.09. The molecule has 0 aliphatic carbocycles. The Balaban J connectivity index is 0.000000255. The van der Waals surface area contributed by atoms with E-state index < -0.39 is 23.9 Å². The lowest BCUT2D eigenvalue weighted by molar-refractivity contribution is -0.137. The first-order valence-electron chi connectivity index (χ1n) is 4.21. The van der Waals surface area contributed by atoms with Crippen molar-refractivity contribution in [3.63, 3.8) is 0 Å². The third-order valence-electron chi connectivity index (χ3n) is 1.41. The van der Waals surface area contributed by atoms with Crippen LogP contribution in [0.3, 0.4) is 0 Å². The van der Waals surface area contributed by atoms with Gasteiger partial charge in [-0.2, -0.15) is 0 Å². The molecule has 6 nitrogen and oxygen atoms in total. The fourth-order valence-corrected chi connectivity index (χ4v) is 0.754. The van der Waals surface area contributed by atoms with Gasteiger partial charge in [0, 0.05) is 6.42 Å². The topological polar surface area (TPSA) is 104 Å². The Labute approximate surface area is 80.9 Å². The zero-order valence-electron chi connectivity index (χ0n) is 7.82. The molecule has 6 heteroatoms. The van der Waals surface area contributed by atoms with Crippen molar-refractivity contribution in [2.45, 2.75) is 32.3 Å². The number of carboxylic acid groups (broad SMARTS) is 1. The minimum atomic E-state index is -1.11. The molecule has 80 valence electrons. The molecule has 1 aliphatic rings. The lowest BCUT2D eigenvalue weighted by atomic mass is 10.3. The van der Waals surface area contributed by atoms with Gasteiger partial charge in [0.05, 0.1) is 6.42 Å². The van der Waals surface area contributed by atoms with Crippen LogP contribution in [-0.4, -0.2) is 34.1 Å². The molecule has 0 bridgehead atoms. The number of amides is 2. The lowest BCUT2D eigenvalue weighted by Crippen LogP contribution is -2.24. The highest BCUT2D eigenvalue weighted by Gasteiger charge is 2.27. The highest BCUT2D eigenvalue weighted by molar-refractivity contribution is 6.04. The smallest absolute Gasteiger partial charge is 0.303 e. The molecule has 3 N–H and O–H groups in total. The predicted octanol–water partition coefficient (Wildman–Crippen LogP) is -0.735. The molecule has 2 amide bonds. The molecule has 0 spiro atoms. The third kappa shape index (κ3) is 5.26. The molecular weight excluding hydrogens is 190 g/mol. The largest absolute Gasteiger partial charge is 0.481 e. The van der Waals surface area contributed by atoms with Crippen LogP contribution in [0.25, 0.3) is 0 Å². The van der Waals surface area contributed by atoms with Crippen LogP contribution >= 0.6 is 0 Å². The van der Waals surface area contributed by atoms with E-state index in [-0.39, 0.29) is 6.42 Å². The van der Waals surface area contributed by atoms with Crippen LogP contribution in [-0.2, 0) is 14.4 Å². The first-order chi connectivity index (χ1) is 6.47. The summed E-state index contributed by atoms with van der Waals surface area (Å²) in [6, 6.07) is 0. The molecular formula is C8H13NO5. The number of aliphatic carboxylic acids is 1. The van der Waals surface area contributed by atoms with Crippen molar-refractivity contribution >= 4 is 17.8 Å². The Bertz CT molecular complexity index is 238. The molecule has 1 aliphatic heterocycles. The van der Waals surface area contributed by atoms with Crippen molar-refractivity contribution in [3.05, 3.63) is 0 Å². The molecule has 0 saturated carbocycles. The SMILES string of the molecule is CCCC(=O)O.O=C1CC(O)C(=O)N1. The molecule has 14 heavy (non-hydrogen) atoms. The molecule has 0 aromatic carbocycles. The first kappa shape index (κ1) is 12.6. The summed E-state index contributed by atoms with van der Waals surface area (Å²) in [6.45, 7) is 1.84. The lowest BCUT2D eigenvalue weighted by Gasteiger charge is -1.88. The number of aliphatic hydroxyl groups is 1. The van der Waals surface area contributed by atoms with E-state index in [2.05, 4.69) is 0 Å². The molecule has 1 saturated heterocycles. The Hall–Kier alpha value is -1.43. The van der Waals surface area contributed by atoms with E-state index in [1.165, 1.54) is 0 Å². The number of carbonyl (C=O) groups excluding carboxylic acids is 2. The number of carboxylic acids is 1. The first-order valence-corrected chi connectivity index (χ1v) is 4.21. The van der Waals surface area contributed by atoms with Crippen molar-refractivity contribution < 1.29 is 24.6 Å². The monoisotopic (exact) mass is 203 g/mol. The van der Waals surface area contributed by atoms with Crippen molar-refractivity contribution in [1.82, 2.24) is 5.32 Å². The molecule has 0 aromatic heterocycles. The summed E-state index contributed by atoms with van der Waals surface area (Å²) in [6.07, 6.45) is -0.170. The number of carbonyl (C=O) groups is 3. The van der Waals surface area contributed by atoms with E-state index in [1.54, 1.807) is 0 Å². The summed E-state index contributed by atoms with van der Waals surface area (Å²) in [5.41, 5.74) is 0. The van der Waals surface area contributed by atoms with Crippen molar-refractivity contribution in [3.8, 4) is 0 Å². The van der Waals surface area contributed by atoms with Crippen LogP contribution in [0.5, 0.6) is 0 Å². The van der Waals surface area contributed by atoms with Crippen LogP contribution in [0.4, 0.5) is 0 Å². The normalized spacial score (nSPS) is 19.7. The van der Waals surface area contributed by atoms with Gasteiger partial charge in [-0.15, -0.1) is 0 Å². The fraction of sp³-hybridized carbons (Fsp3) is 0.625. The summed E-state index contributed by atoms with van der Waals surface area (Å²) in [4.78, 5) is 30.0. The van der Waals surface area contributed by atoms with Crippen LogP contribution < -0.4 is 5.32 Å². The van der Waals surface area contributed by atoms with Crippen LogP contribution in [0.2, 0.25) is 0 Å². The fourth-order valence-electron chi connectivity index (χ4n) is 0.754. The standard InChI is InChI=1S/C4H5NO3.C4H8O2/c6-2-1-3(7)5-4(2)8;1-2-3-4(5)6/h2,6H,1H2,(H,5,7,8);2-3H2,1H3,(H,5,6). The quantitative estimate of drug-likeness (QED) is 0.513. The average Bonchev–Trinajstić information content (AvgIpc) is 2.30. The van der Waals surface area contributed by atoms with E-state index in [9.17, 15) is 14.4 Å². The number of rotatable bonds is 2. The van der Waals surface area contributed by atoms with Gasteiger partial charge in [0.2, 0.25) is 5.91 Å². The molecule has 1 unspecified atom stereocenters. The highest BCUT2D eigenvalue weighted by Crippen LogP contribution is 1.98. The third-order valence-corrected chi connectivity index (χ3v) is 1.41. The van der Waals surface area contributed by atoms with Gasteiger partial charge in [0.25, 0.3) is 5.91 Å². The van der Waals surface area contributed by atoms with E-state index >= 15 is 0 Å². The van der Waals surface area contributed by atoms with Crippen molar-refractivity contribution in [1.29, 1.82) is 0 Å². The van der Waals surface area contributed by atoms with E-state index in [1.807, 2.05) is 12.2 Å². The van der Waals surface area contributed by atoms with Crippen molar-refractivity contribution in [2.75, 3.05) is 0 Å². The van der Waals surface area contributed by atoms with Crippen LogP contribution in [0, 0.1) is 0 Å². The van der Waals surface area contributed by atoms with Gasteiger partial charge in [-0.1, -0.05) is 6.92 Å². The molecule has 1 atom stereocenters. The summed E-state index contributed by atoms with van der Waals surface area (Å²) in [7, 11) is 0. The second-order valence-electron chi connectivity index (χ2n) is 2.78. The summed E-state index contributed by atoms with van der Waals surface area (Å²) in [5, 5.41) is 18.4. The van der Waals surface area contributed by atoms with Gasteiger partial charge in [-0.3, -0.25) is 19.7 Å². The summed E-state index contributed by atoms with van der Waals surface area (Å²) < 4.78 is 0. The predicted molar refractivity (Wildman–Crippen MR) is 46.3 cm³/mol. The maximum Gasteiger partial charge on any atom is 0.303 e. The number of hydrogen-bond acceptors (Lipinski definition) is 4. The molecule has 0 aromatic rings. The van der Waals surface area contributed by atoms with E-state index in [0.29, 0.717) is 6.42 Å². The number of imide groups is 1.